The highest BCUT2D eigenvalue weighted by atomic mass is 19.1. The summed E-state index contributed by atoms with van der Waals surface area (Å²) < 4.78 is 13.2. The maximum Gasteiger partial charge on any atom is 0.228 e. The number of amides is 2. The lowest BCUT2D eigenvalue weighted by molar-refractivity contribution is -0.116. The molecule has 0 saturated heterocycles. The van der Waals surface area contributed by atoms with Gasteiger partial charge in [-0.15, -0.1) is 0 Å². The molecule has 1 aromatic heterocycles. The van der Waals surface area contributed by atoms with Crippen LogP contribution >= 0.6 is 0 Å². The normalized spacial score (nSPS) is 9.74. The molecule has 1 heterocycles. The molecular formula is C25H34FN3O2. The predicted molar refractivity (Wildman–Crippen MR) is 128 cm³/mol. The van der Waals surface area contributed by atoms with Gasteiger partial charge in [-0.3, -0.25) is 9.59 Å². The second-order valence-electron chi connectivity index (χ2n) is 6.71. The molecule has 0 unspecified atom stereocenters. The van der Waals surface area contributed by atoms with Crippen LogP contribution in [0.25, 0.3) is 10.9 Å². The van der Waals surface area contributed by atoms with Gasteiger partial charge in [0, 0.05) is 34.9 Å². The number of aromatic nitrogens is 1. The third-order valence-corrected chi connectivity index (χ3v) is 4.33. The molecule has 0 fully saturated rings. The molecule has 0 aliphatic heterocycles. The second kappa shape index (κ2) is 14.0. The third kappa shape index (κ3) is 8.62. The number of benzene rings is 2. The second-order valence-corrected chi connectivity index (χ2v) is 6.71. The highest BCUT2D eigenvalue weighted by molar-refractivity contribution is 5.97. The lowest BCUT2D eigenvalue weighted by Gasteiger charge is -2.08. The molecule has 0 aliphatic carbocycles. The van der Waals surface area contributed by atoms with E-state index in [2.05, 4.69) is 29.5 Å². The molecule has 6 heteroatoms. The standard InChI is InChI=1S/C19H18FN3O2.C4H10.C2H6/c1-2-18(24)22-14-4-3-5-15(10-14)23-19(25)8-12-11-21-17-9-13(20)6-7-16(12)17;1-3-4-2;1-2/h3-7,9-11,21H,2,8H2,1H3,(H,22,24)(H,23,25);3-4H2,1-2H3;1-2H3. The fourth-order valence-electron chi connectivity index (χ4n) is 2.61. The van der Waals surface area contributed by atoms with Crippen LogP contribution in [0, 0.1) is 5.82 Å². The predicted octanol–water partition coefficient (Wildman–Crippen LogP) is 6.67. The van der Waals surface area contributed by atoms with Crippen LogP contribution in [0.1, 0.15) is 59.4 Å². The highest BCUT2D eigenvalue weighted by Gasteiger charge is 2.10. The molecule has 3 aromatic rings. The highest BCUT2D eigenvalue weighted by Crippen LogP contribution is 2.21. The van der Waals surface area contributed by atoms with E-state index in [1.165, 1.54) is 25.0 Å². The first kappa shape index (κ1) is 25.9. The number of carbonyl (C=O) groups excluding carboxylic acids is 2. The van der Waals surface area contributed by atoms with E-state index in [-0.39, 0.29) is 24.1 Å². The van der Waals surface area contributed by atoms with Crippen molar-refractivity contribution in [3.05, 3.63) is 60.0 Å². The van der Waals surface area contributed by atoms with Crippen molar-refractivity contribution in [1.82, 2.24) is 4.98 Å². The summed E-state index contributed by atoms with van der Waals surface area (Å²) in [7, 11) is 0. The number of carbonyl (C=O) groups is 2. The Morgan fingerprint density at radius 1 is 0.903 bits per heavy atom. The average molecular weight is 428 g/mol. The quantitative estimate of drug-likeness (QED) is 0.411. The Morgan fingerprint density at radius 3 is 2.10 bits per heavy atom. The molecule has 2 amide bonds. The zero-order valence-electron chi connectivity index (χ0n) is 19.1. The number of halogens is 1. The third-order valence-electron chi connectivity index (χ3n) is 4.33. The van der Waals surface area contributed by atoms with Crippen molar-refractivity contribution in [2.75, 3.05) is 10.6 Å². The van der Waals surface area contributed by atoms with Crippen molar-refractivity contribution in [1.29, 1.82) is 0 Å². The van der Waals surface area contributed by atoms with Crippen molar-refractivity contribution >= 4 is 34.1 Å². The van der Waals surface area contributed by atoms with Gasteiger partial charge in [-0.05, 0) is 42.0 Å². The number of anilines is 2. The van der Waals surface area contributed by atoms with Crippen LogP contribution in [0.5, 0.6) is 0 Å². The topological polar surface area (TPSA) is 74.0 Å². The van der Waals surface area contributed by atoms with Gasteiger partial charge >= 0.3 is 0 Å². The minimum absolute atomic E-state index is 0.0884. The van der Waals surface area contributed by atoms with Gasteiger partial charge in [0.25, 0.3) is 0 Å². The van der Waals surface area contributed by atoms with Gasteiger partial charge in [0.05, 0.1) is 6.42 Å². The molecule has 0 bridgehead atoms. The van der Waals surface area contributed by atoms with Gasteiger partial charge in [0.15, 0.2) is 0 Å². The fourth-order valence-corrected chi connectivity index (χ4v) is 2.61. The van der Waals surface area contributed by atoms with Crippen LogP contribution in [0.3, 0.4) is 0 Å². The van der Waals surface area contributed by atoms with E-state index in [1.807, 2.05) is 13.8 Å². The Kier molecular flexibility index (Phi) is 11.7. The minimum atomic E-state index is -0.323. The van der Waals surface area contributed by atoms with E-state index in [0.29, 0.717) is 23.3 Å². The number of aromatic amines is 1. The van der Waals surface area contributed by atoms with Gasteiger partial charge in [0.1, 0.15) is 5.82 Å². The van der Waals surface area contributed by atoms with Crippen molar-refractivity contribution in [2.24, 2.45) is 0 Å². The van der Waals surface area contributed by atoms with Gasteiger partial charge in [-0.1, -0.05) is 53.5 Å². The molecular weight excluding hydrogens is 393 g/mol. The number of hydrogen-bond acceptors (Lipinski definition) is 2. The van der Waals surface area contributed by atoms with Crippen LogP contribution < -0.4 is 10.6 Å². The molecule has 0 atom stereocenters. The molecule has 31 heavy (non-hydrogen) atoms. The summed E-state index contributed by atoms with van der Waals surface area (Å²) in [5.41, 5.74) is 2.69. The summed E-state index contributed by atoms with van der Waals surface area (Å²) in [5, 5.41) is 6.38. The zero-order chi connectivity index (χ0) is 23.2. The van der Waals surface area contributed by atoms with Crippen LogP contribution in [-0.4, -0.2) is 16.8 Å². The summed E-state index contributed by atoms with van der Waals surface area (Å²) in [5.74, 6) is -0.602. The first-order valence-corrected chi connectivity index (χ1v) is 10.9. The van der Waals surface area contributed by atoms with Gasteiger partial charge in [-0.2, -0.15) is 0 Å². The minimum Gasteiger partial charge on any atom is -0.361 e. The molecule has 0 saturated carbocycles. The van der Waals surface area contributed by atoms with Crippen molar-refractivity contribution in [3.8, 4) is 0 Å². The Bertz CT molecular complexity index is 964. The molecule has 5 nitrogen and oxygen atoms in total. The summed E-state index contributed by atoms with van der Waals surface area (Å²) >= 11 is 0. The smallest absolute Gasteiger partial charge is 0.228 e. The number of nitrogens with one attached hydrogen (secondary N) is 3. The SMILES string of the molecule is CC.CCC(=O)Nc1cccc(NC(=O)Cc2c[nH]c3cc(F)ccc23)c1.CCCC. The van der Waals surface area contributed by atoms with E-state index in [9.17, 15) is 14.0 Å². The van der Waals surface area contributed by atoms with Gasteiger partial charge in [-0.25, -0.2) is 4.39 Å². The number of unbranched alkanes of at least 4 members (excludes halogenated alkanes) is 1. The van der Waals surface area contributed by atoms with Crippen LogP contribution in [-0.2, 0) is 16.0 Å². The van der Waals surface area contributed by atoms with Crippen molar-refractivity contribution in [3.63, 3.8) is 0 Å². The van der Waals surface area contributed by atoms with Gasteiger partial charge in [0.2, 0.25) is 11.8 Å². The Balaban J connectivity index is 0.000000720. The summed E-state index contributed by atoms with van der Waals surface area (Å²) in [6, 6.07) is 11.4. The monoisotopic (exact) mass is 427 g/mol. The molecule has 168 valence electrons. The Morgan fingerprint density at radius 2 is 1.52 bits per heavy atom. The van der Waals surface area contributed by atoms with E-state index < -0.39 is 0 Å². The van der Waals surface area contributed by atoms with Crippen LogP contribution in [0.2, 0.25) is 0 Å². The average Bonchev–Trinajstić information content (AvgIpc) is 3.16. The number of fused-ring (bicyclic) bond motifs is 1. The molecule has 0 aliphatic rings. The molecule has 2 aromatic carbocycles. The number of H-pyrrole nitrogens is 1. The fraction of sp³-hybridized carbons (Fsp3) is 0.360. The Labute approximate surface area is 184 Å². The maximum atomic E-state index is 13.2. The van der Waals surface area contributed by atoms with Crippen molar-refractivity contribution < 1.29 is 14.0 Å². The Hall–Kier alpha value is -3.15. The van der Waals surface area contributed by atoms with Crippen LogP contribution in [0.15, 0.2) is 48.7 Å². The first-order valence-electron chi connectivity index (χ1n) is 10.9. The maximum absolute atomic E-state index is 13.2. The molecule has 0 radical (unpaired) electrons. The lowest BCUT2D eigenvalue weighted by atomic mass is 10.1. The summed E-state index contributed by atoms with van der Waals surface area (Å²) in [6.45, 7) is 10.1. The summed E-state index contributed by atoms with van der Waals surface area (Å²) in [4.78, 5) is 26.7. The molecule has 0 spiro atoms. The van der Waals surface area contributed by atoms with E-state index in [0.717, 1.165) is 10.9 Å². The van der Waals surface area contributed by atoms with Crippen molar-refractivity contribution in [2.45, 2.75) is 60.3 Å². The zero-order valence-corrected chi connectivity index (χ0v) is 19.1. The van der Waals surface area contributed by atoms with E-state index >= 15 is 0 Å². The molecule has 3 N–H and O–H groups in total. The number of rotatable bonds is 6. The first-order chi connectivity index (χ1) is 15.0. The largest absolute Gasteiger partial charge is 0.361 e. The number of hydrogen-bond donors (Lipinski definition) is 3. The van der Waals surface area contributed by atoms with E-state index in [4.69, 9.17) is 0 Å². The van der Waals surface area contributed by atoms with Crippen LogP contribution in [0.4, 0.5) is 15.8 Å². The molecule has 3 rings (SSSR count). The lowest BCUT2D eigenvalue weighted by Crippen LogP contribution is -2.15. The van der Waals surface area contributed by atoms with E-state index in [1.54, 1.807) is 43.5 Å². The summed E-state index contributed by atoms with van der Waals surface area (Å²) in [6.07, 6.45) is 4.90. The van der Waals surface area contributed by atoms with Gasteiger partial charge < -0.3 is 15.6 Å².